The van der Waals surface area contributed by atoms with E-state index >= 15 is 0 Å². The van der Waals surface area contributed by atoms with Gasteiger partial charge in [0.25, 0.3) is 0 Å². The molecular formula is C30H34F4N4O. The second-order valence-corrected chi connectivity index (χ2v) is 9.89. The van der Waals surface area contributed by atoms with E-state index in [1.54, 1.807) is 37.2 Å². The number of nitrogens with one attached hydrogen (secondary N) is 2. The van der Waals surface area contributed by atoms with Gasteiger partial charge in [-0.1, -0.05) is 12.1 Å². The van der Waals surface area contributed by atoms with E-state index in [0.717, 1.165) is 86.0 Å². The number of rotatable bonds is 16. The van der Waals surface area contributed by atoms with Gasteiger partial charge in [0, 0.05) is 23.8 Å². The molecule has 208 valence electrons. The van der Waals surface area contributed by atoms with Gasteiger partial charge in [0.15, 0.2) is 23.3 Å². The Morgan fingerprint density at radius 1 is 0.590 bits per heavy atom. The van der Waals surface area contributed by atoms with Crippen LogP contribution in [-0.2, 0) is 30.4 Å². The SMILES string of the molecule is Fc1ccc(CCCC(CCc2cnc[nH]2)OC(CCCc2ccc(F)c(F)c2)CCc2cnc[nH]2)cc1F. The van der Waals surface area contributed by atoms with Crippen molar-refractivity contribution < 1.29 is 22.3 Å². The van der Waals surface area contributed by atoms with Crippen LogP contribution in [0.5, 0.6) is 0 Å². The summed E-state index contributed by atoms with van der Waals surface area (Å²) in [5.41, 5.74) is 3.56. The standard InChI is InChI=1S/C30H34F4N4O/c31-27-13-7-21(15-29(27)33)3-1-5-25(11-9-23-17-35-19-37-23)39-26(12-10-24-18-36-20-38-24)6-2-4-22-8-14-28(32)30(34)16-22/h7-8,13-20,25-26H,1-6,9-12H2,(H,35,37)(H,36,38). The van der Waals surface area contributed by atoms with E-state index in [0.29, 0.717) is 12.8 Å². The van der Waals surface area contributed by atoms with Crippen molar-refractivity contribution in [3.05, 3.63) is 107 Å². The van der Waals surface area contributed by atoms with E-state index in [2.05, 4.69) is 19.9 Å². The minimum Gasteiger partial charge on any atom is -0.375 e. The zero-order chi connectivity index (χ0) is 27.5. The second-order valence-electron chi connectivity index (χ2n) is 9.89. The van der Waals surface area contributed by atoms with E-state index in [4.69, 9.17) is 4.74 Å². The molecule has 0 spiro atoms. The van der Waals surface area contributed by atoms with Crippen LogP contribution in [0.15, 0.2) is 61.4 Å². The van der Waals surface area contributed by atoms with Gasteiger partial charge in [0.05, 0.1) is 24.9 Å². The van der Waals surface area contributed by atoms with Gasteiger partial charge < -0.3 is 14.7 Å². The number of aryl methyl sites for hydroxylation is 4. The lowest BCUT2D eigenvalue weighted by Crippen LogP contribution is -2.24. The first-order valence-corrected chi connectivity index (χ1v) is 13.4. The molecule has 0 radical (unpaired) electrons. The zero-order valence-electron chi connectivity index (χ0n) is 21.8. The topological polar surface area (TPSA) is 66.6 Å². The highest BCUT2D eigenvalue weighted by Crippen LogP contribution is 2.22. The Kier molecular flexibility index (Phi) is 10.7. The number of hydrogen-bond acceptors (Lipinski definition) is 3. The summed E-state index contributed by atoms with van der Waals surface area (Å²) >= 11 is 0. The summed E-state index contributed by atoms with van der Waals surface area (Å²) in [6.07, 6.45) is 14.2. The van der Waals surface area contributed by atoms with E-state index in [1.807, 2.05) is 0 Å². The van der Waals surface area contributed by atoms with E-state index in [1.165, 1.54) is 12.1 Å². The van der Waals surface area contributed by atoms with Crippen LogP contribution < -0.4 is 0 Å². The average molecular weight is 543 g/mol. The van der Waals surface area contributed by atoms with Crippen molar-refractivity contribution in [2.45, 2.75) is 76.4 Å². The fourth-order valence-corrected chi connectivity index (χ4v) is 4.77. The van der Waals surface area contributed by atoms with Crippen molar-refractivity contribution in [2.24, 2.45) is 0 Å². The largest absolute Gasteiger partial charge is 0.375 e. The molecule has 0 saturated carbocycles. The molecule has 4 rings (SSSR count). The molecule has 2 aromatic carbocycles. The van der Waals surface area contributed by atoms with Crippen molar-refractivity contribution >= 4 is 0 Å². The molecule has 0 aliphatic carbocycles. The quantitative estimate of drug-likeness (QED) is 0.149. The van der Waals surface area contributed by atoms with Gasteiger partial charge in [-0.05, 0) is 99.6 Å². The van der Waals surface area contributed by atoms with Crippen molar-refractivity contribution in [3.63, 3.8) is 0 Å². The Bertz CT molecular complexity index is 1170. The van der Waals surface area contributed by atoms with Crippen molar-refractivity contribution in [1.29, 1.82) is 0 Å². The molecule has 2 heterocycles. The molecule has 0 aliphatic rings. The summed E-state index contributed by atoms with van der Waals surface area (Å²) in [6, 6.07) is 8.06. The lowest BCUT2D eigenvalue weighted by Gasteiger charge is -2.25. The lowest BCUT2D eigenvalue weighted by molar-refractivity contribution is -0.0295. The maximum Gasteiger partial charge on any atom is 0.159 e. The highest BCUT2D eigenvalue weighted by molar-refractivity contribution is 5.18. The molecule has 39 heavy (non-hydrogen) atoms. The number of ether oxygens (including phenoxy) is 1. The third-order valence-electron chi connectivity index (χ3n) is 6.92. The van der Waals surface area contributed by atoms with E-state index < -0.39 is 23.3 Å². The van der Waals surface area contributed by atoms with Crippen LogP contribution in [0.3, 0.4) is 0 Å². The number of benzene rings is 2. The minimum absolute atomic E-state index is 0.0476. The molecule has 0 aliphatic heterocycles. The Hall–Kier alpha value is -3.46. The van der Waals surface area contributed by atoms with Crippen molar-refractivity contribution in [1.82, 2.24) is 19.9 Å². The number of aromatic amines is 2. The fourth-order valence-electron chi connectivity index (χ4n) is 4.77. The van der Waals surface area contributed by atoms with Gasteiger partial charge in [-0.15, -0.1) is 0 Å². The van der Waals surface area contributed by atoms with Crippen molar-refractivity contribution in [2.75, 3.05) is 0 Å². The number of nitrogens with zero attached hydrogens (tertiary/aromatic N) is 2. The first-order chi connectivity index (χ1) is 19.0. The van der Waals surface area contributed by atoms with Crippen LogP contribution in [0.4, 0.5) is 17.6 Å². The Labute approximate surface area is 226 Å². The van der Waals surface area contributed by atoms with Crippen molar-refractivity contribution in [3.8, 4) is 0 Å². The third-order valence-corrected chi connectivity index (χ3v) is 6.92. The van der Waals surface area contributed by atoms with Crippen LogP contribution in [-0.4, -0.2) is 32.1 Å². The number of hydrogen-bond donors (Lipinski definition) is 2. The zero-order valence-corrected chi connectivity index (χ0v) is 21.8. The summed E-state index contributed by atoms with van der Waals surface area (Å²) in [6.45, 7) is 0. The summed E-state index contributed by atoms with van der Waals surface area (Å²) in [7, 11) is 0. The van der Waals surface area contributed by atoms with Gasteiger partial charge in [-0.25, -0.2) is 27.5 Å². The highest BCUT2D eigenvalue weighted by Gasteiger charge is 2.18. The number of halogens is 4. The van der Waals surface area contributed by atoms with E-state index in [9.17, 15) is 17.6 Å². The molecular weight excluding hydrogens is 508 g/mol. The Morgan fingerprint density at radius 2 is 1.05 bits per heavy atom. The average Bonchev–Trinajstić information content (AvgIpc) is 3.64. The molecule has 2 aromatic heterocycles. The molecule has 0 bridgehead atoms. The van der Waals surface area contributed by atoms with E-state index in [-0.39, 0.29) is 12.2 Å². The smallest absolute Gasteiger partial charge is 0.159 e. The van der Waals surface area contributed by atoms with Crippen LogP contribution in [0.2, 0.25) is 0 Å². The summed E-state index contributed by atoms with van der Waals surface area (Å²) in [5, 5.41) is 0. The molecule has 0 saturated heterocycles. The number of imidazole rings is 2. The maximum atomic E-state index is 13.6. The predicted octanol–water partition coefficient (Wildman–Crippen LogP) is 7.05. The molecule has 2 N–H and O–H groups in total. The normalized spacial score (nSPS) is 13.0. The van der Waals surface area contributed by atoms with Gasteiger partial charge in [0.1, 0.15) is 0 Å². The molecule has 0 fully saturated rings. The predicted molar refractivity (Wildman–Crippen MR) is 141 cm³/mol. The molecule has 0 amide bonds. The van der Waals surface area contributed by atoms with Gasteiger partial charge in [-0.3, -0.25) is 0 Å². The van der Waals surface area contributed by atoms with Crippen LogP contribution in [0, 0.1) is 23.3 Å². The maximum absolute atomic E-state index is 13.6. The summed E-state index contributed by atoms with van der Waals surface area (Å²) in [5.74, 6) is -3.36. The Balaban J connectivity index is 1.37. The first kappa shape index (κ1) is 28.5. The van der Waals surface area contributed by atoms with Crippen LogP contribution >= 0.6 is 0 Å². The first-order valence-electron chi connectivity index (χ1n) is 13.4. The number of aromatic nitrogens is 4. The van der Waals surface area contributed by atoms with Gasteiger partial charge in [-0.2, -0.15) is 0 Å². The van der Waals surface area contributed by atoms with Crippen LogP contribution in [0.1, 0.15) is 61.0 Å². The second kappa shape index (κ2) is 14.6. The highest BCUT2D eigenvalue weighted by atomic mass is 19.2. The van der Waals surface area contributed by atoms with Crippen LogP contribution in [0.25, 0.3) is 0 Å². The molecule has 5 nitrogen and oxygen atoms in total. The number of H-pyrrole nitrogens is 2. The molecule has 2 unspecified atom stereocenters. The molecule has 2 atom stereocenters. The molecule has 4 aromatic rings. The summed E-state index contributed by atoms with van der Waals surface area (Å²) < 4.78 is 60.6. The third kappa shape index (κ3) is 9.35. The lowest BCUT2D eigenvalue weighted by atomic mass is 10.00. The summed E-state index contributed by atoms with van der Waals surface area (Å²) in [4.78, 5) is 14.5. The fraction of sp³-hybridized carbons (Fsp3) is 0.400. The monoisotopic (exact) mass is 542 g/mol. The minimum atomic E-state index is -0.844. The Morgan fingerprint density at radius 3 is 1.44 bits per heavy atom. The molecule has 9 heteroatoms. The van der Waals surface area contributed by atoms with Gasteiger partial charge >= 0.3 is 0 Å². The van der Waals surface area contributed by atoms with Gasteiger partial charge in [0.2, 0.25) is 0 Å².